The largest absolute Gasteiger partial charge is 0.240 e. The maximum atomic E-state index is 11.8. The third-order valence-electron chi connectivity index (χ3n) is 3.22. The zero-order chi connectivity index (χ0) is 16.6. The fourth-order valence-corrected chi connectivity index (χ4v) is 3.45. The normalized spacial score (nSPS) is 11.6. The number of hydrogen-bond acceptors (Lipinski definition) is 3. The number of sulfonamides is 1. The summed E-state index contributed by atoms with van der Waals surface area (Å²) < 4.78 is 25.8. The molecular formula is C15H11BrClN3O2S. The summed E-state index contributed by atoms with van der Waals surface area (Å²) in [6, 6.07) is 15.4. The van der Waals surface area contributed by atoms with Gasteiger partial charge in [-0.1, -0.05) is 35.9 Å². The van der Waals surface area contributed by atoms with E-state index in [4.69, 9.17) is 16.7 Å². The first-order valence-corrected chi connectivity index (χ1v) is 9.22. The molecule has 23 heavy (non-hydrogen) atoms. The number of halogens is 2. The molecule has 118 valence electrons. The molecule has 1 aromatic heterocycles. The van der Waals surface area contributed by atoms with Crippen LogP contribution in [0.4, 0.5) is 0 Å². The number of benzene rings is 2. The Morgan fingerprint density at radius 3 is 2.39 bits per heavy atom. The van der Waals surface area contributed by atoms with Crippen LogP contribution in [0.1, 0.15) is 0 Å². The van der Waals surface area contributed by atoms with Crippen LogP contribution in [0.25, 0.3) is 16.9 Å². The van der Waals surface area contributed by atoms with E-state index in [-0.39, 0.29) is 4.90 Å². The minimum absolute atomic E-state index is 0.00538. The Morgan fingerprint density at radius 1 is 1.09 bits per heavy atom. The van der Waals surface area contributed by atoms with Crippen LogP contribution in [0.15, 0.2) is 64.1 Å². The quantitative estimate of drug-likeness (QED) is 0.714. The highest BCUT2D eigenvalue weighted by Crippen LogP contribution is 2.29. The Kier molecular flexibility index (Phi) is 4.29. The van der Waals surface area contributed by atoms with Crippen molar-refractivity contribution >= 4 is 37.6 Å². The number of nitrogens with zero attached hydrogens (tertiary/aromatic N) is 2. The van der Waals surface area contributed by atoms with Crippen LogP contribution in [-0.4, -0.2) is 18.2 Å². The molecule has 0 atom stereocenters. The first kappa shape index (κ1) is 16.2. The van der Waals surface area contributed by atoms with Gasteiger partial charge in [-0.3, -0.25) is 0 Å². The van der Waals surface area contributed by atoms with Crippen LogP contribution >= 0.6 is 27.5 Å². The molecule has 0 radical (unpaired) electrons. The van der Waals surface area contributed by atoms with E-state index in [9.17, 15) is 8.42 Å². The summed E-state index contributed by atoms with van der Waals surface area (Å²) >= 11 is 9.25. The molecule has 0 saturated carbocycles. The molecule has 0 aliphatic heterocycles. The van der Waals surface area contributed by atoms with Crippen LogP contribution in [-0.2, 0) is 10.0 Å². The molecule has 0 spiro atoms. The summed E-state index contributed by atoms with van der Waals surface area (Å²) in [5, 5.41) is 10.3. The van der Waals surface area contributed by atoms with Crippen molar-refractivity contribution in [2.24, 2.45) is 5.14 Å². The van der Waals surface area contributed by atoms with Gasteiger partial charge in [0.15, 0.2) is 0 Å². The molecule has 0 unspecified atom stereocenters. The number of hydrogen-bond donors (Lipinski definition) is 1. The van der Waals surface area contributed by atoms with E-state index in [1.54, 1.807) is 36.4 Å². The Labute approximate surface area is 146 Å². The van der Waals surface area contributed by atoms with Crippen molar-refractivity contribution in [1.82, 2.24) is 9.78 Å². The summed E-state index contributed by atoms with van der Waals surface area (Å²) in [5.74, 6) is 0. The molecule has 0 fully saturated rings. The van der Waals surface area contributed by atoms with Gasteiger partial charge in [0.05, 0.1) is 11.4 Å². The number of primary sulfonamides is 1. The van der Waals surface area contributed by atoms with Crippen molar-refractivity contribution < 1.29 is 8.42 Å². The summed E-state index contributed by atoms with van der Waals surface area (Å²) in [6.45, 7) is 0. The van der Waals surface area contributed by atoms with E-state index in [1.807, 2.05) is 12.1 Å². The van der Waals surface area contributed by atoms with Gasteiger partial charge >= 0.3 is 0 Å². The maximum Gasteiger partial charge on any atom is 0.240 e. The Morgan fingerprint density at radius 2 is 1.74 bits per heavy atom. The van der Waals surface area contributed by atoms with E-state index < -0.39 is 10.0 Å². The Hall–Kier alpha value is -1.67. The smallest absolute Gasteiger partial charge is 0.231 e. The van der Waals surface area contributed by atoms with Crippen molar-refractivity contribution in [3.8, 4) is 16.9 Å². The highest BCUT2D eigenvalue weighted by molar-refractivity contribution is 9.10. The van der Waals surface area contributed by atoms with Gasteiger partial charge in [0, 0.05) is 10.6 Å². The van der Waals surface area contributed by atoms with E-state index in [1.165, 1.54) is 10.7 Å². The van der Waals surface area contributed by atoms with Crippen molar-refractivity contribution in [1.29, 1.82) is 0 Å². The van der Waals surface area contributed by atoms with Crippen molar-refractivity contribution in [3.63, 3.8) is 0 Å². The van der Waals surface area contributed by atoms with Crippen LogP contribution in [0.2, 0.25) is 5.02 Å². The van der Waals surface area contributed by atoms with Crippen molar-refractivity contribution in [3.05, 3.63) is 64.2 Å². The lowest BCUT2D eigenvalue weighted by molar-refractivity contribution is 0.596. The van der Waals surface area contributed by atoms with Gasteiger partial charge in [-0.25, -0.2) is 18.2 Å². The molecule has 0 amide bonds. The lowest BCUT2D eigenvalue weighted by atomic mass is 10.1. The predicted octanol–water partition coefficient (Wildman–Crippen LogP) is 3.60. The summed E-state index contributed by atoms with van der Waals surface area (Å²) in [7, 11) is -3.88. The van der Waals surface area contributed by atoms with Gasteiger partial charge in [0.25, 0.3) is 0 Å². The zero-order valence-corrected chi connectivity index (χ0v) is 14.8. The topological polar surface area (TPSA) is 78.0 Å². The third kappa shape index (κ3) is 3.32. The predicted molar refractivity (Wildman–Crippen MR) is 93.1 cm³/mol. The SMILES string of the molecule is NS(=O)(=O)c1ccccc1-n1nc(Br)cc1-c1ccc(Cl)cc1. The van der Waals surface area contributed by atoms with Gasteiger partial charge in [-0.15, -0.1) is 0 Å². The van der Waals surface area contributed by atoms with Crippen LogP contribution < -0.4 is 5.14 Å². The number of aromatic nitrogens is 2. The highest BCUT2D eigenvalue weighted by atomic mass is 79.9. The molecule has 2 N–H and O–H groups in total. The van der Waals surface area contributed by atoms with E-state index in [0.717, 1.165) is 5.56 Å². The molecule has 8 heteroatoms. The van der Waals surface area contributed by atoms with Gasteiger partial charge in [-0.2, -0.15) is 5.10 Å². The van der Waals surface area contributed by atoms with E-state index >= 15 is 0 Å². The van der Waals surface area contributed by atoms with Gasteiger partial charge in [0.1, 0.15) is 9.50 Å². The summed E-state index contributed by atoms with van der Waals surface area (Å²) in [6.07, 6.45) is 0. The van der Waals surface area contributed by atoms with Crippen molar-refractivity contribution in [2.45, 2.75) is 4.90 Å². The molecule has 2 aromatic carbocycles. The highest BCUT2D eigenvalue weighted by Gasteiger charge is 2.18. The molecule has 0 bridgehead atoms. The first-order valence-electron chi connectivity index (χ1n) is 6.50. The van der Waals surface area contributed by atoms with Gasteiger partial charge in [-0.05, 0) is 46.3 Å². The van der Waals surface area contributed by atoms with Crippen LogP contribution in [0.3, 0.4) is 0 Å². The fraction of sp³-hybridized carbons (Fsp3) is 0. The number of nitrogens with two attached hydrogens (primary N) is 1. The molecule has 0 aliphatic carbocycles. The molecule has 3 aromatic rings. The minimum Gasteiger partial charge on any atom is -0.231 e. The van der Waals surface area contributed by atoms with Crippen LogP contribution in [0, 0.1) is 0 Å². The van der Waals surface area contributed by atoms with Crippen LogP contribution in [0.5, 0.6) is 0 Å². The molecular weight excluding hydrogens is 402 g/mol. The number of rotatable bonds is 3. The fourth-order valence-electron chi connectivity index (χ4n) is 2.23. The second-order valence-corrected chi connectivity index (χ2v) is 7.56. The van der Waals surface area contributed by atoms with E-state index in [0.29, 0.717) is 21.0 Å². The first-order chi connectivity index (χ1) is 10.9. The minimum atomic E-state index is -3.88. The van der Waals surface area contributed by atoms with Crippen molar-refractivity contribution in [2.75, 3.05) is 0 Å². The Balaban J connectivity index is 2.25. The van der Waals surface area contributed by atoms with E-state index in [2.05, 4.69) is 21.0 Å². The zero-order valence-electron chi connectivity index (χ0n) is 11.6. The monoisotopic (exact) mass is 411 g/mol. The molecule has 1 heterocycles. The maximum absolute atomic E-state index is 11.8. The average Bonchev–Trinajstić information content (AvgIpc) is 2.89. The second kappa shape index (κ2) is 6.09. The second-order valence-electron chi connectivity index (χ2n) is 4.78. The summed E-state index contributed by atoms with van der Waals surface area (Å²) in [4.78, 5) is 0.00538. The number of para-hydroxylation sites is 1. The molecule has 5 nitrogen and oxygen atoms in total. The Bertz CT molecular complexity index is 969. The summed E-state index contributed by atoms with van der Waals surface area (Å²) in [5.41, 5.74) is 1.94. The average molecular weight is 413 g/mol. The standard InChI is InChI=1S/C15H11BrClN3O2S/c16-15-9-13(10-5-7-11(17)8-6-10)20(19-15)12-3-1-2-4-14(12)23(18,21)22/h1-9H,(H2,18,21,22). The molecule has 0 saturated heterocycles. The molecule has 3 rings (SSSR count). The van der Waals surface area contributed by atoms with Gasteiger partial charge in [0.2, 0.25) is 10.0 Å². The molecule has 0 aliphatic rings. The lowest BCUT2D eigenvalue weighted by Crippen LogP contribution is -2.16. The third-order valence-corrected chi connectivity index (χ3v) is 4.82. The lowest BCUT2D eigenvalue weighted by Gasteiger charge is -2.11. The van der Waals surface area contributed by atoms with Gasteiger partial charge < -0.3 is 0 Å².